The minimum Gasteiger partial charge on any atom is -0.373 e. The van der Waals surface area contributed by atoms with Crippen molar-refractivity contribution in [1.29, 1.82) is 0 Å². The summed E-state index contributed by atoms with van der Waals surface area (Å²) in [5.41, 5.74) is 1.07. The van der Waals surface area contributed by atoms with Gasteiger partial charge in [-0.05, 0) is 18.8 Å². The van der Waals surface area contributed by atoms with Gasteiger partial charge in [0.15, 0.2) is 5.82 Å². The lowest BCUT2D eigenvalue weighted by Crippen LogP contribution is -2.01. The van der Waals surface area contributed by atoms with Crippen LogP contribution in [0.25, 0.3) is 11.4 Å². The van der Waals surface area contributed by atoms with E-state index < -0.39 is 0 Å². The fraction of sp³-hybridized carbons (Fsp3) is 0.412. The predicted octanol–water partition coefficient (Wildman–Crippen LogP) is 4.47. The van der Waals surface area contributed by atoms with Crippen molar-refractivity contribution >= 4 is 17.6 Å². The summed E-state index contributed by atoms with van der Waals surface area (Å²) in [6.45, 7) is 0. The van der Waals surface area contributed by atoms with Crippen molar-refractivity contribution in [2.75, 3.05) is 18.1 Å². The SMILES string of the molecule is CNc1cc(SCC2CCCC2)nc(-c2ccccc2)n1. The van der Waals surface area contributed by atoms with Crippen LogP contribution in [-0.2, 0) is 0 Å². The van der Waals surface area contributed by atoms with Crippen molar-refractivity contribution in [2.24, 2.45) is 5.92 Å². The van der Waals surface area contributed by atoms with Gasteiger partial charge in [-0.3, -0.25) is 0 Å². The molecule has 0 unspecified atom stereocenters. The number of aromatic nitrogens is 2. The number of anilines is 1. The lowest BCUT2D eigenvalue weighted by Gasteiger charge is -2.10. The van der Waals surface area contributed by atoms with Crippen LogP contribution >= 0.6 is 11.8 Å². The van der Waals surface area contributed by atoms with Crippen molar-refractivity contribution in [3.05, 3.63) is 36.4 Å². The molecule has 1 aliphatic carbocycles. The van der Waals surface area contributed by atoms with Crippen LogP contribution in [0.4, 0.5) is 5.82 Å². The monoisotopic (exact) mass is 299 g/mol. The topological polar surface area (TPSA) is 37.8 Å². The average molecular weight is 299 g/mol. The third kappa shape index (κ3) is 3.76. The maximum absolute atomic E-state index is 4.72. The van der Waals surface area contributed by atoms with Crippen molar-refractivity contribution in [3.8, 4) is 11.4 Å². The highest BCUT2D eigenvalue weighted by molar-refractivity contribution is 7.99. The first-order valence-electron chi connectivity index (χ1n) is 7.60. The summed E-state index contributed by atoms with van der Waals surface area (Å²) in [4.78, 5) is 9.29. The number of thioether (sulfide) groups is 1. The van der Waals surface area contributed by atoms with Crippen LogP contribution in [0.5, 0.6) is 0 Å². The molecule has 0 spiro atoms. The summed E-state index contributed by atoms with van der Waals surface area (Å²) in [5.74, 6) is 3.73. The second-order valence-corrected chi connectivity index (χ2v) is 6.53. The van der Waals surface area contributed by atoms with E-state index in [9.17, 15) is 0 Å². The van der Waals surface area contributed by atoms with E-state index in [0.717, 1.165) is 28.1 Å². The highest BCUT2D eigenvalue weighted by atomic mass is 32.2. The highest BCUT2D eigenvalue weighted by Crippen LogP contribution is 2.31. The molecular formula is C17H21N3S. The first kappa shape index (κ1) is 14.4. The van der Waals surface area contributed by atoms with Crippen LogP contribution in [0.1, 0.15) is 25.7 Å². The maximum Gasteiger partial charge on any atom is 0.162 e. The highest BCUT2D eigenvalue weighted by Gasteiger charge is 2.16. The summed E-state index contributed by atoms with van der Waals surface area (Å²) in [6, 6.07) is 12.2. The van der Waals surface area contributed by atoms with Crippen molar-refractivity contribution < 1.29 is 0 Å². The Balaban J connectivity index is 1.79. The number of rotatable bonds is 5. The van der Waals surface area contributed by atoms with E-state index in [1.54, 1.807) is 0 Å². The molecule has 0 amide bonds. The van der Waals surface area contributed by atoms with Gasteiger partial charge in [-0.15, -0.1) is 11.8 Å². The average Bonchev–Trinajstić information content (AvgIpc) is 3.07. The van der Waals surface area contributed by atoms with E-state index in [1.165, 1.54) is 31.4 Å². The molecule has 1 heterocycles. The first-order chi connectivity index (χ1) is 10.3. The van der Waals surface area contributed by atoms with Gasteiger partial charge in [-0.25, -0.2) is 9.97 Å². The summed E-state index contributed by atoms with van der Waals surface area (Å²) in [7, 11) is 1.91. The van der Waals surface area contributed by atoms with Crippen LogP contribution in [0, 0.1) is 5.92 Å². The van der Waals surface area contributed by atoms with E-state index in [-0.39, 0.29) is 0 Å². The van der Waals surface area contributed by atoms with Gasteiger partial charge in [0.2, 0.25) is 0 Å². The number of nitrogens with zero attached hydrogens (tertiary/aromatic N) is 2. The Hall–Kier alpha value is -1.55. The van der Waals surface area contributed by atoms with Gasteiger partial charge >= 0.3 is 0 Å². The molecule has 1 aromatic carbocycles. The Kier molecular flexibility index (Phi) is 4.76. The van der Waals surface area contributed by atoms with E-state index >= 15 is 0 Å². The molecule has 110 valence electrons. The summed E-state index contributed by atoms with van der Waals surface area (Å²) in [6.07, 6.45) is 5.54. The molecule has 1 aliphatic rings. The van der Waals surface area contributed by atoms with Crippen LogP contribution in [-0.4, -0.2) is 22.8 Å². The fourth-order valence-corrected chi connectivity index (χ4v) is 3.81. The van der Waals surface area contributed by atoms with E-state index in [2.05, 4.69) is 22.4 Å². The van der Waals surface area contributed by atoms with Crippen LogP contribution < -0.4 is 5.32 Å². The molecule has 4 heteroatoms. The maximum atomic E-state index is 4.72. The Morgan fingerprint density at radius 3 is 2.62 bits per heavy atom. The fourth-order valence-electron chi connectivity index (χ4n) is 2.72. The number of nitrogens with one attached hydrogen (secondary N) is 1. The molecule has 0 radical (unpaired) electrons. The minimum atomic E-state index is 0.802. The lowest BCUT2D eigenvalue weighted by molar-refractivity contribution is 0.623. The Labute approximate surface area is 130 Å². The summed E-state index contributed by atoms with van der Waals surface area (Å²) >= 11 is 1.86. The normalized spacial score (nSPS) is 15.3. The number of hydrogen-bond acceptors (Lipinski definition) is 4. The Morgan fingerprint density at radius 1 is 1.14 bits per heavy atom. The molecule has 0 atom stereocenters. The van der Waals surface area contributed by atoms with Gasteiger partial charge in [0, 0.05) is 24.4 Å². The quantitative estimate of drug-likeness (QED) is 0.653. The van der Waals surface area contributed by atoms with Crippen LogP contribution in [0.15, 0.2) is 41.4 Å². The van der Waals surface area contributed by atoms with Gasteiger partial charge in [-0.2, -0.15) is 0 Å². The lowest BCUT2D eigenvalue weighted by atomic mass is 10.1. The molecule has 1 aromatic heterocycles. The van der Waals surface area contributed by atoms with Crippen molar-refractivity contribution in [1.82, 2.24) is 9.97 Å². The molecule has 21 heavy (non-hydrogen) atoms. The van der Waals surface area contributed by atoms with E-state index in [1.807, 2.05) is 43.1 Å². The molecule has 3 rings (SSSR count). The molecule has 0 saturated heterocycles. The number of hydrogen-bond donors (Lipinski definition) is 1. The van der Waals surface area contributed by atoms with Gasteiger partial charge in [0.1, 0.15) is 10.8 Å². The second kappa shape index (κ2) is 6.94. The van der Waals surface area contributed by atoms with Crippen molar-refractivity contribution in [3.63, 3.8) is 0 Å². The van der Waals surface area contributed by atoms with Crippen molar-refractivity contribution in [2.45, 2.75) is 30.7 Å². The smallest absolute Gasteiger partial charge is 0.162 e. The zero-order valence-electron chi connectivity index (χ0n) is 12.4. The van der Waals surface area contributed by atoms with Crippen LogP contribution in [0.2, 0.25) is 0 Å². The van der Waals surface area contributed by atoms with Gasteiger partial charge in [-0.1, -0.05) is 43.2 Å². The van der Waals surface area contributed by atoms with Gasteiger partial charge in [0.25, 0.3) is 0 Å². The molecule has 3 nitrogen and oxygen atoms in total. The molecule has 1 saturated carbocycles. The zero-order chi connectivity index (χ0) is 14.5. The molecule has 1 N–H and O–H groups in total. The van der Waals surface area contributed by atoms with Crippen LogP contribution in [0.3, 0.4) is 0 Å². The predicted molar refractivity (Wildman–Crippen MR) is 89.7 cm³/mol. The largest absolute Gasteiger partial charge is 0.373 e. The Morgan fingerprint density at radius 2 is 1.90 bits per heavy atom. The standard InChI is InChI=1S/C17H21N3S/c1-18-15-11-16(21-12-13-7-5-6-8-13)20-17(19-15)14-9-3-2-4-10-14/h2-4,9-11,13H,5-8,12H2,1H3,(H,18,19,20). The summed E-state index contributed by atoms with van der Waals surface area (Å²) < 4.78 is 0. The molecule has 1 fully saturated rings. The van der Waals surface area contributed by atoms with Gasteiger partial charge < -0.3 is 5.32 Å². The first-order valence-corrected chi connectivity index (χ1v) is 8.59. The molecule has 2 aromatic rings. The van der Waals surface area contributed by atoms with Gasteiger partial charge in [0.05, 0.1) is 0 Å². The minimum absolute atomic E-state index is 0.802. The molecular weight excluding hydrogens is 278 g/mol. The number of benzene rings is 1. The van der Waals surface area contributed by atoms with E-state index in [0.29, 0.717) is 0 Å². The zero-order valence-corrected chi connectivity index (χ0v) is 13.2. The molecule has 0 bridgehead atoms. The molecule has 0 aliphatic heterocycles. The second-order valence-electron chi connectivity index (χ2n) is 5.49. The Bertz CT molecular complexity index is 580. The third-order valence-corrected chi connectivity index (χ3v) is 5.08. The summed E-state index contributed by atoms with van der Waals surface area (Å²) in [5, 5.41) is 4.21. The third-order valence-electron chi connectivity index (χ3n) is 3.93. The van der Waals surface area contributed by atoms with E-state index in [4.69, 9.17) is 4.98 Å².